The van der Waals surface area contributed by atoms with Crippen molar-refractivity contribution in [1.29, 1.82) is 0 Å². The molecule has 0 aliphatic heterocycles. The molecule has 3 heteroatoms. The van der Waals surface area contributed by atoms with Crippen LogP contribution in [-0.2, 0) is 6.42 Å². The van der Waals surface area contributed by atoms with E-state index in [0.717, 1.165) is 31.6 Å². The van der Waals surface area contributed by atoms with E-state index in [9.17, 15) is 0 Å². The van der Waals surface area contributed by atoms with Gasteiger partial charge in [-0.05, 0) is 54.0 Å². The number of benzene rings is 1. The molecule has 2 nitrogen and oxygen atoms in total. The maximum Gasteiger partial charge on any atom is 0.119 e. The summed E-state index contributed by atoms with van der Waals surface area (Å²) in [4.78, 5) is 0. The molecule has 0 amide bonds. The van der Waals surface area contributed by atoms with Crippen LogP contribution in [0.15, 0.2) is 18.2 Å². The average Bonchev–Trinajstić information content (AvgIpc) is 2.71. The summed E-state index contributed by atoms with van der Waals surface area (Å²) in [6.45, 7) is 3.01. The van der Waals surface area contributed by atoms with Crippen molar-refractivity contribution in [1.82, 2.24) is 0 Å². The number of thioether (sulfide) groups is 1. The topological polar surface area (TPSA) is 35.2 Å². The van der Waals surface area contributed by atoms with Gasteiger partial charge in [-0.2, -0.15) is 11.8 Å². The van der Waals surface area contributed by atoms with E-state index in [1.165, 1.54) is 22.6 Å². The minimum absolute atomic E-state index is 0.236. The number of hydrogen-bond donors (Lipinski definition) is 1. The number of nitrogens with two attached hydrogens (primary N) is 1. The lowest BCUT2D eigenvalue weighted by molar-refractivity contribution is 0.318. The Morgan fingerprint density at radius 3 is 3.18 bits per heavy atom. The Hall–Kier alpha value is -0.670. The van der Waals surface area contributed by atoms with Crippen LogP contribution in [0.4, 0.5) is 0 Å². The molecule has 1 aromatic rings. The Morgan fingerprint density at radius 1 is 1.47 bits per heavy atom. The molecule has 0 bridgehead atoms. The van der Waals surface area contributed by atoms with Gasteiger partial charge >= 0.3 is 0 Å². The summed E-state index contributed by atoms with van der Waals surface area (Å²) in [5.41, 5.74) is 8.69. The molecule has 0 spiro atoms. The van der Waals surface area contributed by atoms with Crippen molar-refractivity contribution in [3.63, 3.8) is 0 Å². The lowest BCUT2D eigenvalue weighted by Gasteiger charge is -2.09. The molecule has 2 N–H and O–H groups in total. The molecule has 0 heterocycles. The molecule has 1 unspecified atom stereocenters. The summed E-state index contributed by atoms with van der Waals surface area (Å²) < 4.78 is 5.76. The van der Waals surface area contributed by atoms with Crippen molar-refractivity contribution < 1.29 is 4.74 Å². The van der Waals surface area contributed by atoms with Crippen molar-refractivity contribution >= 4 is 11.8 Å². The molecule has 1 aliphatic rings. The zero-order valence-electron chi connectivity index (χ0n) is 10.4. The van der Waals surface area contributed by atoms with E-state index in [4.69, 9.17) is 10.5 Å². The van der Waals surface area contributed by atoms with Gasteiger partial charge in [-0.15, -0.1) is 0 Å². The summed E-state index contributed by atoms with van der Waals surface area (Å²) in [5, 5.41) is 0. The fourth-order valence-electron chi connectivity index (χ4n) is 2.21. The van der Waals surface area contributed by atoms with E-state index in [1.54, 1.807) is 0 Å². The number of rotatable bonds is 6. The third-order valence-electron chi connectivity index (χ3n) is 3.14. The molecule has 2 rings (SSSR count). The van der Waals surface area contributed by atoms with Gasteiger partial charge in [0.15, 0.2) is 0 Å². The predicted octanol–water partition coefficient (Wildman–Crippen LogP) is 3.15. The van der Waals surface area contributed by atoms with E-state index in [-0.39, 0.29) is 6.04 Å². The molecule has 0 radical (unpaired) electrons. The fraction of sp³-hybridized carbons (Fsp3) is 0.571. The van der Waals surface area contributed by atoms with Crippen LogP contribution in [0.3, 0.4) is 0 Å². The van der Waals surface area contributed by atoms with E-state index < -0.39 is 0 Å². The maximum absolute atomic E-state index is 6.01. The molecular weight excluding hydrogens is 230 g/mol. The van der Waals surface area contributed by atoms with Gasteiger partial charge in [-0.25, -0.2) is 0 Å². The quantitative estimate of drug-likeness (QED) is 0.789. The SMILES string of the molecule is CCSCCCOc1ccc2c(c1)CCC2N. The normalized spacial score (nSPS) is 18.1. The molecule has 0 saturated heterocycles. The zero-order chi connectivity index (χ0) is 12.1. The lowest BCUT2D eigenvalue weighted by Crippen LogP contribution is -2.05. The lowest BCUT2D eigenvalue weighted by atomic mass is 10.1. The fourth-order valence-corrected chi connectivity index (χ4v) is 2.82. The Labute approximate surface area is 108 Å². The highest BCUT2D eigenvalue weighted by molar-refractivity contribution is 7.99. The van der Waals surface area contributed by atoms with E-state index in [0.29, 0.717) is 0 Å². The number of ether oxygens (including phenoxy) is 1. The van der Waals surface area contributed by atoms with E-state index in [2.05, 4.69) is 25.1 Å². The van der Waals surface area contributed by atoms with Crippen LogP contribution < -0.4 is 10.5 Å². The molecule has 0 saturated carbocycles. The number of hydrogen-bond acceptors (Lipinski definition) is 3. The molecule has 17 heavy (non-hydrogen) atoms. The molecule has 0 aromatic heterocycles. The summed E-state index contributed by atoms with van der Waals surface area (Å²) in [6, 6.07) is 6.58. The number of fused-ring (bicyclic) bond motifs is 1. The second-order valence-electron chi connectivity index (χ2n) is 4.40. The first-order valence-corrected chi connectivity index (χ1v) is 7.55. The second kappa shape index (κ2) is 6.31. The largest absolute Gasteiger partial charge is 0.494 e. The monoisotopic (exact) mass is 251 g/mol. The van der Waals surface area contributed by atoms with E-state index in [1.807, 2.05) is 11.8 Å². The molecule has 94 valence electrons. The van der Waals surface area contributed by atoms with Crippen LogP contribution in [0.2, 0.25) is 0 Å². The van der Waals surface area contributed by atoms with Crippen LogP contribution in [0.5, 0.6) is 5.75 Å². The van der Waals surface area contributed by atoms with Gasteiger partial charge in [0.1, 0.15) is 5.75 Å². The second-order valence-corrected chi connectivity index (χ2v) is 5.80. The van der Waals surface area contributed by atoms with Crippen molar-refractivity contribution in [3.05, 3.63) is 29.3 Å². The van der Waals surface area contributed by atoms with Crippen molar-refractivity contribution in [2.24, 2.45) is 5.73 Å². The first kappa shape index (κ1) is 12.8. The molecule has 1 aliphatic carbocycles. The van der Waals surface area contributed by atoms with Crippen molar-refractivity contribution in [3.8, 4) is 5.75 Å². The summed E-state index contributed by atoms with van der Waals surface area (Å²) >= 11 is 1.97. The zero-order valence-corrected chi connectivity index (χ0v) is 11.3. The van der Waals surface area contributed by atoms with Gasteiger partial charge in [0.05, 0.1) is 6.61 Å². The molecule has 1 aromatic carbocycles. The predicted molar refractivity (Wildman–Crippen MR) is 74.8 cm³/mol. The molecule has 0 fully saturated rings. The van der Waals surface area contributed by atoms with E-state index >= 15 is 0 Å². The van der Waals surface area contributed by atoms with Gasteiger partial charge in [-0.1, -0.05) is 13.0 Å². The summed E-state index contributed by atoms with van der Waals surface area (Å²) in [5.74, 6) is 3.38. The standard InChI is InChI=1S/C14H21NOS/c1-2-17-9-3-8-16-12-5-6-13-11(10-12)4-7-14(13)15/h5-6,10,14H,2-4,7-9,15H2,1H3. The smallest absolute Gasteiger partial charge is 0.119 e. The van der Waals surface area contributed by atoms with Gasteiger partial charge < -0.3 is 10.5 Å². The van der Waals surface area contributed by atoms with Crippen LogP contribution in [0.25, 0.3) is 0 Å². The Morgan fingerprint density at radius 2 is 2.35 bits per heavy atom. The van der Waals surface area contributed by atoms with Gasteiger partial charge in [0.25, 0.3) is 0 Å². The van der Waals surface area contributed by atoms with Gasteiger partial charge in [0, 0.05) is 6.04 Å². The highest BCUT2D eigenvalue weighted by atomic mass is 32.2. The third-order valence-corrected chi connectivity index (χ3v) is 4.13. The van der Waals surface area contributed by atoms with Crippen LogP contribution in [-0.4, -0.2) is 18.1 Å². The van der Waals surface area contributed by atoms with Crippen molar-refractivity contribution in [2.45, 2.75) is 32.2 Å². The van der Waals surface area contributed by atoms with Gasteiger partial charge in [-0.3, -0.25) is 0 Å². The number of aryl methyl sites for hydroxylation is 1. The van der Waals surface area contributed by atoms with Crippen LogP contribution in [0.1, 0.15) is 36.9 Å². The van der Waals surface area contributed by atoms with Crippen LogP contribution >= 0.6 is 11.8 Å². The van der Waals surface area contributed by atoms with Crippen LogP contribution in [0, 0.1) is 0 Å². The molecular formula is C14H21NOS. The molecule has 1 atom stereocenters. The maximum atomic E-state index is 6.01. The minimum atomic E-state index is 0.236. The third kappa shape index (κ3) is 3.39. The summed E-state index contributed by atoms with van der Waals surface area (Å²) in [7, 11) is 0. The highest BCUT2D eigenvalue weighted by Gasteiger charge is 2.18. The van der Waals surface area contributed by atoms with Gasteiger partial charge in [0.2, 0.25) is 0 Å². The summed E-state index contributed by atoms with van der Waals surface area (Å²) in [6.07, 6.45) is 3.29. The first-order chi connectivity index (χ1) is 8.31. The average molecular weight is 251 g/mol. The first-order valence-electron chi connectivity index (χ1n) is 6.40. The minimum Gasteiger partial charge on any atom is -0.494 e. The Balaban J connectivity index is 1.82. The van der Waals surface area contributed by atoms with Crippen molar-refractivity contribution in [2.75, 3.05) is 18.1 Å². The Kier molecular flexibility index (Phi) is 4.75. The highest BCUT2D eigenvalue weighted by Crippen LogP contribution is 2.31. The Bertz CT molecular complexity index is 367.